The first-order valence-electron chi connectivity index (χ1n) is 11.8. The lowest BCUT2D eigenvalue weighted by Crippen LogP contribution is -2.52. The highest BCUT2D eigenvalue weighted by Crippen LogP contribution is 2.22. The van der Waals surface area contributed by atoms with Crippen LogP contribution in [0.5, 0.6) is 5.75 Å². The van der Waals surface area contributed by atoms with Crippen molar-refractivity contribution in [3.8, 4) is 5.75 Å². The zero-order valence-electron chi connectivity index (χ0n) is 20.8. The minimum Gasteiger partial charge on any atom is -0.484 e. The molecule has 0 saturated heterocycles. The Morgan fingerprint density at radius 1 is 0.943 bits per heavy atom. The molecule has 184 valence electrons. The number of hydrogen-bond donors (Lipinski definition) is 1. The molecule has 3 rings (SSSR count). The van der Waals surface area contributed by atoms with Crippen LogP contribution in [0.3, 0.4) is 0 Å². The number of carbonyl (C=O) groups is 2. The molecule has 1 atom stereocenters. The highest BCUT2D eigenvalue weighted by molar-refractivity contribution is 6.31. The van der Waals surface area contributed by atoms with E-state index in [1.807, 2.05) is 82.3 Å². The van der Waals surface area contributed by atoms with E-state index >= 15 is 0 Å². The SMILES string of the molecule is Cc1cc(OCC(=O)N(Cc2ccccc2C)C(Cc2ccccc2)C(=O)NC(C)C)ccc1Cl. The molecule has 0 heterocycles. The fourth-order valence-electron chi connectivity index (χ4n) is 3.84. The van der Waals surface area contributed by atoms with Gasteiger partial charge >= 0.3 is 0 Å². The lowest BCUT2D eigenvalue weighted by Gasteiger charge is -2.32. The fourth-order valence-corrected chi connectivity index (χ4v) is 3.96. The Morgan fingerprint density at radius 2 is 1.63 bits per heavy atom. The maximum atomic E-state index is 13.6. The van der Waals surface area contributed by atoms with Crippen LogP contribution in [-0.2, 0) is 22.6 Å². The fraction of sp³-hybridized carbons (Fsp3) is 0.310. The van der Waals surface area contributed by atoms with Gasteiger partial charge in [0.05, 0.1) is 0 Å². The molecular formula is C29H33ClN2O3. The van der Waals surface area contributed by atoms with Crippen LogP contribution in [0.1, 0.15) is 36.1 Å². The summed E-state index contributed by atoms with van der Waals surface area (Å²) < 4.78 is 5.83. The maximum absolute atomic E-state index is 13.6. The molecule has 0 bridgehead atoms. The molecule has 0 radical (unpaired) electrons. The number of nitrogens with zero attached hydrogens (tertiary/aromatic N) is 1. The molecule has 0 aliphatic rings. The van der Waals surface area contributed by atoms with Crippen molar-refractivity contribution in [1.82, 2.24) is 10.2 Å². The standard InChI is InChI=1S/C29H33ClN2O3/c1-20(2)31-29(34)27(17-23-11-6-5-7-12-23)32(18-24-13-9-8-10-21(24)3)28(33)19-35-25-14-15-26(30)22(4)16-25/h5-16,20,27H,17-19H2,1-4H3,(H,31,34). The van der Waals surface area contributed by atoms with Crippen LogP contribution in [-0.4, -0.2) is 35.4 Å². The van der Waals surface area contributed by atoms with E-state index in [0.29, 0.717) is 23.7 Å². The Bertz CT molecular complexity index is 1150. The third-order valence-electron chi connectivity index (χ3n) is 5.80. The predicted molar refractivity (Wildman–Crippen MR) is 141 cm³/mol. The van der Waals surface area contributed by atoms with E-state index in [-0.39, 0.29) is 24.5 Å². The molecule has 0 fully saturated rings. The Labute approximate surface area is 213 Å². The number of carbonyl (C=O) groups excluding carboxylic acids is 2. The van der Waals surface area contributed by atoms with Crippen LogP contribution < -0.4 is 10.1 Å². The van der Waals surface area contributed by atoms with Crippen molar-refractivity contribution in [3.63, 3.8) is 0 Å². The van der Waals surface area contributed by atoms with Crippen LogP contribution in [0.25, 0.3) is 0 Å². The molecular weight excluding hydrogens is 460 g/mol. The molecule has 0 aromatic heterocycles. The van der Waals surface area contributed by atoms with Crippen molar-refractivity contribution in [3.05, 3.63) is 100 Å². The molecule has 1 N–H and O–H groups in total. The van der Waals surface area contributed by atoms with Gasteiger partial charge < -0.3 is 15.0 Å². The topological polar surface area (TPSA) is 58.6 Å². The highest BCUT2D eigenvalue weighted by Gasteiger charge is 2.31. The van der Waals surface area contributed by atoms with Crippen LogP contribution >= 0.6 is 11.6 Å². The van der Waals surface area contributed by atoms with Crippen LogP contribution in [0.2, 0.25) is 5.02 Å². The highest BCUT2D eigenvalue weighted by atomic mass is 35.5. The monoisotopic (exact) mass is 492 g/mol. The summed E-state index contributed by atoms with van der Waals surface area (Å²) in [5, 5.41) is 3.64. The summed E-state index contributed by atoms with van der Waals surface area (Å²) >= 11 is 6.12. The van der Waals surface area contributed by atoms with E-state index in [4.69, 9.17) is 16.3 Å². The van der Waals surface area contributed by atoms with Crippen molar-refractivity contribution in [2.24, 2.45) is 0 Å². The largest absolute Gasteiger partial charge is 0.484 e. The zero-order chi connectivity index (χ0) is 25.4. The predicted octanol–water partition coefficient (Wildman–Crippen LogP) is 5.50. The minimum atomic E-state index is -0.692. The van der Waals surface area contributed by atoms with Gasteiger partial charge in [0.25, 0.3) is 5.91 Å². The molecule has 3 aromatic carbocycles. The smallest absolute Gasteiger partial charge is 0.261 e. The first-order valence-corrected chi connectivity index (χ1v) is 12.2. The average Bonchev–Trinajstić information content (AvgIpc) is 2.83. The first kappa shape index (κ1) is 26.3. The number of amides is 2. The van der Waals surface area contributed by atoms with E-state index in [2.05, 4.69) is 5.32 Å². The second-order valence-corrected chi connectivity index (χ2v) is 9.42. The third kappa shape index (κ3) is 7.59. The van der Waals surface area contributed by atoms with Crippen molar-refractivity contribution in [1.29, 1.82) is 0 Å². The lowest BCUT2D eigenvalue weighted by atomic mass is 10.0. The van der Waals surface area contributed by atoms with Gasteiger partial charge in [0.1, 0.15) is 11.8 Å². The van der Waals surface area contributed by atoms with E-state index in [0.717, 1.165) is 22.3 Å². The van der Waals surface area contributed by atoms with Gasteiger partial charge in [-0.25, -0.2) is 0 Å². The lowest BCUT2D eigenvalue weighted by molar-refractivity contribution is -0.143. The van der Waals surface area contributed by atoms with Crippen LogP contribution in [0, 0.1) is 13.8 Å². The number of aryl methyl sites for hydroxylation is 2. The zero-order valence-corrected chi connectivity index (χ0v) is 21.5. The molecule has 0 aliphatic carbocycles. The van der Waals surface area contributed by atoms with Crippen molar-refractivity contribution in [2.75, 3.05) is 6.61 Å². The van der Waals surface area contributed by atoms with Crippen LogP contribution in [0.4, 0.5) is 0 Å². The Morgan fingerprint density at radius 3 is 2.29 bits per heavy atom. The Hall–Kier alpha value is -3.31. The molecule has 35 heavy (non-hydrogen) atoms. The summed E-state index contributed by atoms with van der Waals surface area (Å²) in [6.45, 7) is 7.83. The van der Waals surface area contributed by atoms with Crippen LogP contribution in [0.15, 0.2) is 72.8 Å². The molecule has 0 saturated carbocycles. The van der Waals surface area contributed by atoms with Crippen molar-refractivity contribution >= 4 is 23.4 Å². The Kier molecular flexibility index (Phi) is 9.32. The van der Waals surface area contributed by atoms with Gasteiger partial charge in [-0.05, 0) is 68.1 Å². The summed E-state index contributed by atoms with van der Waals surface area (Å²) in [5.74, 6) is 0.108. The van der Waals surface area contributed by atoms with E-state index in [1.54, 1.807) is 23.1 Å². The van der Waals surface area contributed by atoms with Gasteiger partial charge in [0.2, 0.25) is 5.91 Å². The van der Waals surface area contributed by atoms with Gasteiger partial charge in [-0.1, -0.05) is 66.2 Å². The van der Waals surface area contributed by atoms with Gasteiger partial charge in [0.15, 0.2) is 6.61 Å². The Balaban J connectivity index is 1.92. The van der Waals surface area contributed by atoms with Gasteiger partial charge in [-0.3, -0.25) is 9.59 Å². The van der Waals surface area contributed by atoms with Crippen molar-refractivity contribution in [2.45, 2.75) is 52.7 Å². The summed E-state index contributed by atoms with van der Waals surface area (Å²) in [5.41, 5.74) is 3.89. The molecule has 3 aromatic rings. The molecule has 5 nitrogen and oxygen atoms in total. The summed E-state index contributed by atoms with van der Waals surface area (Å²) in [6.07, 6.45) is 0.400. The van der Waals surface area contributed by atoms with Gasteiger partial charge in [-0.2, -0.15) is 0 Å². The second kappa shape index (κ2) is 12.4. The van der Waals surface area contributed by atoms with Gasteiger partial charge in [0, 0.05) is 24.0 Å². The van der Waals surface area contributed by atoms with Gasteiger partial charge in [-0.15, -0.1) is 0 Å². The minimum absolute atomic E-state index is 0.0514. The normalized spacial score (nSPS) is 11.7. The second-order valence-electron chi connectivity index (χ2n) is 9.02. The molecule has 1 unspecified atom stereocenters. The molecule has 2 amide bonds. The number of benzene rings is 3. The number of ether oxygens (including phenoxy) is 1. The summed E-state index contributed by atoms with van der Waals surface area (Å²) in [4.78, 5) is 28.6. The summed E-state index contributed by atoms with van der Waals surface area (Å²) in [6, 6.07) is 22.2. The molecule has 6 heteroatoms. The average molecular weight is 493 g/mol. The quantitative estimate of drug-likeness (QED) is 0.406. The number of hydrogen-bond acceptors (Lipinski definition) is 3. The maximum Gasteiger partial charge on any atom is 0.261 e. The third-order valence-corrected chi connectivity index (χ3v) is 6.22. The van der Waals surface area contributed by atoms with Crippen molar-refractivity contribution < 1.29 is 14.3 Å². The van der Waals surface area contributed by atoms with E-state index in [9.17, 15) is 9.59 Å². The molecule has 0 aliphatic heterocycles. The number of nitrogens with one attached hydrogen (secondary N) is 1. The van der Waals surface area contributed by atoms with E-state index in [1.165, 1.54) is 0 Å². The number of halogens is 1. The number of rotatable bonds is 10. The molecule has 0 spiro atoms. The first-order chi connectivity index (χ1) is 16.7. The van der Waals surface area contributed by atoms with E-state index < -0.39 is 6.04 Å². The summed E-state index contributed by atoms with van der Waals surface area (Å²) in [7, 11) is 0.